The fourth-order valence-corrected chi connectivity index (χ4v) is 4.93. The molecule has 2 aliphatic rings. The Labute approximate surface area is 215 Å². The first-order valence-electron chi connectivity index (χ1n) is 13.0. The van der Waals surface area contributed by atoms with Gasteiger partial charge >= 0.3 is 0 Å². The minimum atomic E-state index is -1.30. The van der Waals surface area contributed by atoms with Gasteiger partial charge in [-0.05, 0) is 43.9 Å². The van der Waals surface area contributed by atoms with E-state index >= 15 is 0 Å². The molecule has 0 aromatic heterocycles. The molecule has 2 atom stereocenters. The first kappa shape index (κ1) is 27.8. The quantitative estimate of drug-likeness (QED) is 0.559. The molecular formula is C29H43N3O4. The summed E-state index contributed by atoms with van der Waals surface area (Å²) in [6, 6.07) is 14.2. The average Bonchev–Trinajstić information content (AvgIpc) is 3.34. The van der Waals surface area contributed by atoms with E-state index in [9.17, 15) is 15.0 Å². The van der Waals surface area contributed by atoms with Crippen LogP contribution in [0.4, 0.5) is 5.69 Å². The number of methoxy groups -OCH3 is 1. The SMILES string of the molecule is CC1CCCC1.COc1ccc(N2CCN(C(=O)[C@H](N)C(C)(C)O)[C@@H](Cc3ccccc3)C2)cc1O. The van der Waals surface area contributed by atoms with Crippen molar-refractivity contribution in [2.45, 2.75) is 70.6 Å². The van der Waals surface area contributed by atoms with E-state index in [1.807, 2.05) is 36.4 Å². The van der Waals surface area contributed by atoms with E-state index in [1.165, 1.54) is 32.8 Å². The Bertz CT molecular complexity index is 970. The van der Waals surface area contributed by atoms with Gasteiger partial charge in [0.1, 0.15) is 6.04 Å². The van der Waals surface area contributed by atoms with Crippen LogP contribution >= 0.6 is 0 Å². The highest BCUT2D eigenvalue weighted by molar-refractivity contribution is 5.83. The number of phenols is 1. The molecule has 2 aromatic rings. The lowest BCUT2D eigenvalue weighted by Crippen LogP contribution is -2.62. The van der Waals surface area contributed by atoms with Crippen molar-refractivity contribution in [1.82, 2.24) is 4.90 Å². The summed E-state index contributed by atoms with van der Waals surface area (Å²) in [6.07, 6.45) is 6.62. The van der Waals surface area contributed by atoms with Gasteiger partial charge in [-0.15, -0.1) is 0 Å². The van der Waals surface area contributed by atoms with Crippen LogP contribution in [0.5, 0.6) is 11.5 Å². The average molecular weight is 498 g/mol. The van der Waals surface area contributed by atoms with Crippen LogP contribution in [0.25, 0.3) is 0 Å². The van der Waals surface area contributed by atoms with E-state index < -0.39 is 11.6 Å². The molecule has 7 nitrogen and oxygen atoms in total. The number of aliphatic hydroxyl groups is 1. The topological polar surface area (TPSA) is 99.3 Å². The molecule has 0 unspecified atom stereocenters. The molecule has 36 heavy (non-hydrogen) atoms. The van der Waals surface area contributed by atoms with Crippen molar-refractivity contribution in [1.29, 1.82) is 0 Å². The van der Waals surface area contributed by atoms with Gasteiger partial charge in [0, 0.05) is 31.4 Å². The van der Waals surface area contributed by atoms with Crippen molar-refractivity contribution >= 4 is 11.6 Å². The number of nitrogens with two attached hydrogens (primary N) is 1. The van der Waals surface area contributed by atoms with E-state index in [0.29, 0.717) is 31.8 Å². The summed E-state index contributed by atoms with van der Waals surface area (Å²) in [6.45, 7) is 7.11. The maximum Gasteiger partial charge on any atom is 0.242 e. The van der Waals surface area contributed by atoms with Crippen LogP contribution in [-0.2, 0) is 11.2 Å². The number of carbonyl (C=O) groups excluding carboxylic acids is 1. The fourth-order valence-electron chi connectivity index (χ4n) is 4.93. The molecule has 0 spiro atoms. The molecule has 2 fully saturated rings. The van der Waals surface area contributed by atoms with Crippen LogP contribution < -0.4 is 15.4 Å². The number of amides is 1. The zero-order chi connectivity index (χ0) is 26.3. The Hall–Kier alpha value is -2.77. The minimum Gasteiger partial charge on any atom is -0.504 e. The van der Waals surface area contributed by atoms with Crippen LogP contribution in [0.15, 0.2) is 48.5 Å². The smallest absolute Gasteiger partial charge is 0.242 e. The lowest BCUT2D eigenvalue weighted by atomic mass is 9.95. The molecular weight excluding hydrogens is 454 g/mol. The zero-order valence-electron chi connectivity index (χ0n) is 22.2. The fraction of sp³-hybridized carbons (Fsp3) is 0.552. The molecule has 1 saturated heterocycles. The molecule has 7 heteroatoms. The predicted octanol–water partition coefficient (Wildman–Crippen LogP) is 3.96. The van der Waals surface area contributed by atoms with Gasteiger partial charge in [0.15, 0.2) is 11.5 Å². The summed E-state index contributed by atoms with van der Waals surface area (Å²) in [4.78, 5) is 17.0. The molecule has 4 N–H and O–H groups in total. The van der Waals surface area contributed by atoms with Crippen LogP contribution in [0.1, 0.15) is 52.0 Å². The number of piperazine rings is 1. The third-order valence-corrected chi connectivity index (χ3v) is 7.28. The number of carbonyl (C=O) groups is 1. The van der Waals surface area contributed by atoms with Crippen molar-refractivity contribution in [2.75, 3.05) is 31.6 Å². The third-order valence-electron chi connectivity index (χ3n) is 7.28. The highest BCUT2D eigenvalue weighted by atomic mass is 16.5. The zero-order valence-corrected chi connectivity index (χ0v) is 22.2. The molecule has 4 rings (SSSR count). The van der Waals surface area contributed by atoms with Gasteiger partial charge in [-0.2, -0.15) is 0 Å². The maximum atomic E-state index is 13.1. The van der Waals surface area contributed by atoms with Crippen molar-refractivity contribution in [2.24, 2.45) is 11.7 Å². The minimum absolute atomic E-state index is 0.0807. The van der Waals surface area contributed by atoms with Gasteiger partial charge in [0.25, 0.3) is 0 Å². The van der Waals surface area contributed by atoms with Crippen molar-refractivity contribution in [3.05, 3.63) is 54.1 Å². The van der Waals surface area contributed by atoms with Crippen LogP contribution in [0, 0.1) is 5.92 Å². The van der Waals surface area contributed by atoms with Gasteiger partial charge in [-0.1, -0.05) is 62.9 Å². The van der Waals surface area contributed by atoms with E-state index in [1.54, 1.807) is 30.9 Å². The van der Waals surface area contributed by atoms with E-state index in [0.717, 1.165) is 17.2 Å². The molecule has 1 aliphatic heterocycles. The Morgan fingerprint density at radius 2 is 1.81 bits per heavy atom. The van der Waals surface area contributed by atoms with E-state index in [4.69, 9.17) is 10.5 Å². The monoisotopic (exact) mass is 497 g/mol. The highest BCUT2D eigenvalue weighted by Crippen LogP contribution is 2.32. The summed E-state index contributed by atoms with van der Waals surface area (Å²) in [5.74, 6) is 1.30. The number of anilines is 1. The molecule has 1 amide bonds. The van der Waals surface area contributed by atoms with Crippen LogP contribution in [-0.4, -0.2) is 65.4 Å². The lowest BCUT2D eigenvalue weighted by Gasteiger charge is -2.44. The molecule has 198 valence electrons. The Kier molecular flexibility index (Phi) is 9.63. The normalized spacial score (nSPS) is 19.4. The predicted molar refractivity (Wildman–Crippen MR) is 144 cm³/mol. The molecule has 1 aliphatic carbocycles. The lowest BCUT2D eigenvalue weighted by molar-refractivity contribution is -0.140. The second-order valence-corrected chi connectivity index (χ2v) is 10.7. The summed E-state index contributed by atoms with van der Waals surface area (Å²) < 4.78 is 5.14. The number of nitrogens with zero attached hydrogens (tertiary/aromatic N) is 2. The first-order valence-corrected chi connectivity index (χ1v) is 13.0. The van der Waals surface area contributed by atoms with E-state index in [2.05, 4.69) is 11.8 Å². The van der Waals surface area contributed by atoms with E-state index in [-0.39, 0.29) is 17.7 Å². The second kappa shape index (κ2) is 12.5. The maximum absolute atomic E-state index is 13.1. The molecule has 1 saturated carbocycles. The number of ether oxygens (including phenoxy) is 1. The van der Waals surface area contributed by atoms with Crippen molar-refractivity contribution in [3.8, 4) is 11.5 Å². The van der Waals surface area contributed by atoms with Gasteiger partial charge in [0.2, 0.25) is 5.91 Å². The molecule has 0 bridgehead atoms. The first-order chi connectivity index (χ1) is 17.1. The summed E-state index contributed by atoms with van der Waals surface area (Å²) >= 11 is 0. The second-order valence-electron chi connectivity index (χ2n) is 10.7. The summed E-state index contributed by atoms with van der Waals surface area (Å²) in [5, 5.41) is 20.4. The van der Waals surface area contributed by atoms with Crippen LogP contribution in [0.3, 0.4) is 0 Å². The Morgan fingerprint density at radius 1 is 1.14 bits per heavy atom. The Morgan fingerprint density at radius 3 is 2.33 bits per heavy atom. The number of benzene rings is 2. The van der Waals surface area contributed by atoms with Crippen molar-refractivity contribution in [3.63, 3.8) is 0 Å². The number of aromatic hydroxyl groups is 1. The standard InChI is InChI=1S/C23H31N3O4.C6H12/c1-23(2,29)21(24)22(28)26-12-11-25(17-9-10-20(30-3)19(27)14-17)15-18(26)13-16-7-5-4-6-8-16;1-6-4-2-3-5-6/h4-10,14,18,21,27,29H,11-13,15,24H2,1-3H3;6H,2-5H2,1H3/t18-,21-;/m0./s1. The largest absolute Gasteiger partial charge is 0.504 e. The summed E-state index contributed by atoms with van der Waals surface area (Å²) in [7, 11) is 1.51. The Balaban J connectivity index is 0.000000526. The molecule has 2 aromatic carbocycles. The number of phenolic OH excluding ortho intramolecular Hbond substituents is 1. The number of hydrogen-bond donors (Lipinski definition) is 3. The number of rotatable bonds is 6. The van der Waals surface area contributed by atoms with Gasteiger partial charge in [-0.3, -0.25) is 4.79 Å². The molecule has 0 radical (unpaired) electrons. The number of hydrogen-bond acceptors (Lipinski definition) is 6. The van der Waals surface area contributed by atoms with Gasteiger partial charge in [0.05, 0.1) is 18.8 Å². The highest BCUT2D eigenvalue weighted by Gasteiger charge is 2.38. The van der Waals surface area contributed by atoms with Crippen LogP contribution in [0.2, 0.25) is 0 Å². The summed E-state index contributed by atoms with van der Waals surface area (Å²) in [5.41, 5.74) is 6.77. The van der Waals surface area contributed by atoms with Gasteiger partial charge in [-0.25, -0.2) is 0 Å². The van der Waals surface area contributed by atoms with Gasteiger partial charge < -0.3 is 30.5 Å². The third kappa shape index (κ3) is 7.37. The van der Waals surface area contributed by atoms with Crippen molar-refractivity contribution < 1.29 is 19.7 Å². The molecule has 1 heterocycles.